The van der Waals surface area contributed by atoms with Crippen molar-refractivity contribution >= 4 is 23.1 Å². The lowest BCUT2D eigenvalue weighted by Gasteiger charge is -2.09. The van der Waals surface area contributed by atoms with E-state index in [0.717, 1.165) is 12.3 Å². The lowest BCUT2D eigenvalue weighted by atomic mass is 10.3. The van der Waals surface area contributed by atoms with Crippen molar-refractivity contribution in [2.24, 2.45) is 0 Å². The number of nitrogen functional groups attached to an aromatic ring is 1. The largest absolute Gasteiger partial charge is 0.393 e. The van der Waals surface area contributed by atoms with Gasteiger partial charge in [0.15, 0.2) is 0 Å². The molecule has 0 aliphatic carbocycles. The van der Waals surface area contributed by atoms with Gasteiger partial charge >= 0.3 is 5.69 Å². The van der Waals surface area contributed by atoms with E-state index in [0.29, 0.717) is 4.90 Å². The Balaban J connectivity index is 2.79. The molecule has 0 aliphatic heterocycles. The number of hydrogen-bond donors (Lipinski definition) is 1. The van der Waals surface area contributed by atoms with E-state index >= 15 is 0 Å². The van der Waals surface area contributed by atoms with Crippen LogP contribution < -0.4 is 5.73 Å². The first-order chi connectivity index (χ1) is 7.52. The van der Waals surface area contributed by atoms with Crippen LogP contribution in [0.15, 0.2) is 23.1 Å². The van der Waals surface area contributed by atoms with Crippen LogP contribution in [-0.2, 0) is 0 Å². The van der Waals surface area contributed by atoms with Crippen LogP contribution in [0.3, 0.4) is 0 Å². The van der Waals surface area contributed by atoms with Crippen molar-refractivity contribution < 1.29 is 4.92 Å². The number of rotatable bonds is 5. The normalized spacial score (nSPS) is 10.7. The lowest BCUT2D eigenvalue weighted by molar-refractivity contribution is -0.386. The minimum absolute atomic E-state index is 0.0197. The molecule has 0 saturated carbocycles. The molecule has 0 bridgehead atoms. The molecule has 16 heavy (non-hydrogen) atoms. The van der Waals surface area contributed by atoms with Crippen LogP contribution in [0.25, 0.3) is 0 Å². The second-order valence-electron chi connectivity index (χ2n) is 3.60. The van der Waals surface area contributed by atoms with Gasteiger partial charge < -0.3 is 10.6 Å². The van der Waals surface area contributed by atoms with Gasteiger partial charge in [-0.25, -0.2) is 0 Å². The van der Waals surface area contributed by atoms with Gasteiger partial charge in [-0.1, -0.05) is 6.07 Å². The second kappa shape index (κ2) is 5.72. The maximum Gasteiger partial charge on any atom is 0.305 e. The van der Waals surface area contributed by atoms with E-state index in [9.17, 15) is 10.1 Å². The van der Waals surface area contributed by atoms with Crippen molar-refractivity contribution in [3.8, 4) is 0 Å². The molecule has 6 heteroatoms. The Morgan fingerprint density at radius 2 is 2.19 bits per heavy atom. The topological polar surface area (TPSA) is 72.4 Å². The standard InChI is InChI=1S/C10H15N3O2S/c1-12(2)6-7-16-9-5-3-4-8(11)10(9)13(14)15/h3-5H,6-7,11H2,1-2H3. The zero-order chi connectivity index (χ0) is 12.1. The molecule has 5 nitrogen and oxygen atoms in total. The van der Waals surface area contributed by atoms with Crippen LogP contribution in [0.4, 0.5) is 11.4 Å². The third-order valence-corrected chi connectivity index (χ3v) is 3.04. The minimum Gasteiger partial charge on any atom is -0.393 e. The molecule has 1 aromatic rings. The Morgan fingerprint density at radius 1 is 1.50 bits per heavy atom. The molecule has 0 heterocycles. The molecule has 0 fully saturated rings. The van der Waals surface area contributed by atoms with Crippen molar-refractivity contribution in [2.45, 2.75) is 4.90 Å². The summed E-state index contributed by atoms with van der Waals surface area (Å²) >= 11 is 1.45. The summed E-state index contributed by atoms with van der Waals surface area (Å²) in [7, 11) is 3.93. The van der Waals surface area contributed by atoms with E-state index in [1.807, 2.05) is 19.0 Å². The van der Waals surface area contributed by atoms with Crippen LogP contribution in [-0.4, -0.2) is 36.2 Å². The van der Waals surface area contributed by atoms with Crippen molar-refractivity contribution in [1.82, 2.24) is 4.90 Å². The Morgan fingerprint density at radius 3 is 2.75 bits per heavy atom. The van der Waals surface area contributed by atoms with Gasteiger partial charge in [0.25, 0.3) is 0 Å². The molecule has 0 amide bonds. The van der Waals surface area contributed by atoms with Crippen molar-refractivity contribution in [1.29, 1.82) is 0 Å². The zero-order valence-electron chi connectivity index (χ0n) is 9.34. The molecule has 0 radical (unpaired) electrons. The number of nitrogens with zero attached hydrogens (tertiary/aromatic N) is 2. The van der Waals surface area contributed by atoms with Gasteiger partial charge in [-0.15, -0.1) is 11.8 Å². The van der Waals surface area contributed by atoms with E-state index in [-0.39, 0.29) is 11.4 Å². The highest BCUT2D eigenvalue weighted by atomic mass is 32.2. The molecule has 88 valence electrons. The van der Waals surface area contributed by atoms with E-state index in [1.54, 1.807) is 18.2 Å². The highest BCUT2D eigenvalue weighted by molar-refractivity contribution is 7.99. The summed E-state index contributed by atoms with van der Waals surface area (Å²) in [5.41, 5.74) is 5.83. The summed E-state index contributed by atoms with van der Waals surface area (Å²) in [5, 5.41) is 10.8. The second-order valence-corrected chi connectivity index (χ2v) is 4.74. The van der Waals surface area contributed by atoms with Crippen molar-refractivity contribution in [3.05, 3.63) is 28.3 Å². The first-order valence-corrected chi connectivity index (χ1v) is 5.81. The molecular weight excluding hydrogens is 226 g/mol. The van der Waals surface area contributed by atoms with Gasteiger partial charge in [-0.2, -0.15) is 0 Å². The fraction of sp³-hybridized carbons (Fsp3) is 0.400. The predicted molar refractivity (Wildman–Crippen MR) is 66.8 cm³/mol. The summed E-state index contributed by atoms with van der Waals surface area (Å²) in [6, 6.07) is 5.02. The Hall–Kier alpha value is -1.27. The number of anilines is 1. The number of thioether (sulfide) groups is 1. The minimum atomic E-state index is -0.423. The van der Waals surface area contributed by atoms with Crippen molar-refractivity contribution in [3.63, 3.8) is 0 Å². The Bertz CT molecular complexity index is 382. The van der Waals surface area contributed by atoms with Gasteiger partial charge in [0.2, 0.25) is 0 Å². The molecule has 0 atom stereocenters. The van der Waals surface area contributed by atoms with E-state index < -0.39 is 4.92 Å². The van der Waals surface area contributed by atoms with Crippen molar-refractivity contribution in [2.75, 3.05) is 32.1 Å². The molecule has 0 unspecified atom stereocenters. The summed E-state index contributed by atoms with van der Waals surface area (Å²) in [5.74, 6) is 0.803. The molecule has 0 aliphatic rings. The fourth-order valence-corrected chi connectivity index (χ4v) is 2.37. The maximum atomic E-state index is 10.8. The third-order valence-electron chi connectivity index (χ3n) is 2.01. The van der Waals surface area contributed by atoms with E-state index in [4.69, 9.17) is 5.73 Å². The van der Waals surface area contributed by atoms with Gasteiger partial charge in [-0.3, -0.25) is 10.1 Å². The third kappa shape index (κ3) is 3.39. The smallest absolute Gasteiger partial charge is 0.305 e. The van der Waals surface area contributed by atoms with E-state index in [2.05, 4.69) is 0 Å². The summed E-state index contributed by atoms with van der Waals surface area (Å²) in [6.45, 7) is 0.872. The Kier molecular flexibility index (Phi) is 4.57. The number of hydrogen-bond acceptors (Lipinski definition) is 5. The first kappa shape index (κ1) is 12.8. The molecule has 0 aromatic heterocycles. The Labute approximate surface area is 98.8 Å². The first-order valence-electron chi connectivity index (χ1n) is 4.82. The molecular formula is C10H15N3O2S. The monoisotopic (exact) mass is 241 g/mol. The van der Waals surface area contributed by atoms with Crippen LogP contribution in [0.1, 0.15) is 0 Å². The number of nitro groups is 1. The fourth-order valence-electron chi connectivity index (χ4n) is 1.19. The maximum absolute atomic E-state index is 10.8. The average Bonchev–Trinajstić information content (AvgIpc) is 2.16. The molecule has 1 rings (SSSR count). The van der Waals surface area contributed by atoms with Crippen LogP contribution >= 0.6 is 11.8 Å². The average molecular weight is 241 g/mol. The zero-order valence-corrected chi connectivity index (χ0v) is 10.2. The summed E-state index contributed by atoms with van der Waals surface area (Å²) < 4.78 is 0. The van der Waals surface area contributed by atoms with Gasteiger partial charge in [0.1, 0.15) is 5.69 Å². The molecule has 1 aromatic carbocycles. The predicted octanol–water partition coefficient (Wildman–Crippen LogP) is 1.83. The number of nitrogens with two attached hydrogens (primary N) is 1. The van der Waals surface area contributed by atoms with Crippen LogP contribution in [0, 0.1) is 10.1 Å². The number of para-hydroxylation sites is 1. The number of nitro benzene ring substituents is 1. The molecule has 0 saturated heterocycles. The van der Waals surface area contributed by atoms with E-state index in [1.165, 1.54) is 11.8 Å². The SMILES string of the molecule is CN(C)CCSc1cccc(N)c1[N+](=O)[O-]. The highest BCUT2D eigenvalue weighted by Crippen LogP contribution is 2.33. The van der Waals surface area contributed by atoms with Crippen LogP contribution in [0.2, 0.25) is 0 Å². The lowest BCUT2D eigenvalue weighted by Crippen LogP contribution is -2.14. The van der Waals surface area contributed by atoms with Crippen LogP contribution in [0.5, 0.6) is 0 Å². The summed E-state index contributed by atoms with van der Waals surface area (Å²) in [6.07, 6.45) is 0. The van der Waals surface area contributed by atoms with Gasteiger partial charge in [-0.05, 0) is 26.2 Å². The quantitative estimate of drug-likeness (QED) is 0.368. The van der Waals surface area contributed by atoms with Gasteiger partial charge in [0, 0.05) is 12.3 Å². The number of benzene rings is 1. The highest BCUT2D eigenvalue weighted by Gasteiger charge is 2.17. The molecule has 0 spiro atoms. The summed E-state index contributed by atoms with van der Waals surface area (Å²) in [4.78, 5) is 13.1. The molecule has 2 N–H and O–H groups in total. The van der Waals surface area contributed by atoms with Gasteiger partial charge in [0.05, 0.1) is 9.82 Å².